The van der Waals surface area contributed by atoms with Crippen molar-refractivity contribution >= 4 is 0 Å². The van der Waals surface area contributed by atoms with Gasteiger partial charge in [0.25, 0.3) is 0 Å². The van der Waals surface area contributed by atoms with E-state index in [0.29, 0.717) is 6.61 Å². The van der Waals surface area contributed by atoms with Gasteiger partial charge in [-0.3, -0.25) is 0 Å². The van der Waals surface area contributed by atoms with E-state index in [-0.39, 0.29) is 5.41 Å². The molecule has 0 radical (unpaired) electrons. The third-order valence-electron chi connectivity index (χ3n) is 3.17. The summed E-state index contributed by atoms with van der Waals surface area (Å²) in [5, 5.41) is 0. The van der Waals surface area contributed by atoms with Crippen LogP contribution in [0.4, 0.5) is 0 Å². The molecule has 2 rings (SSSR count). The van der Waals surface area contributed by atoms with E-state index >= 15 is 0 Å². The molecule has 2 heteroatoms. The second-order valence-electron chi connectivity index (χ2n) is 6.72. The van der Waals surface area contributed by atoms with Crippen LogP contribution in [0.5, 0.6) is 11.5 Å². The summed E-state index contributed by atoms with van der Waals surface area (Å²) in [4.78, 5) is 0. The highest BCUT2D eigenvalue weighted by molar-refractivity contribution is 5.71. The topological polar surface area (TPSA) is 18.5 Å². The molecule has 0 saturated carbocycles. The molecular formula is C20H26O2. The van der Waals surface area contributed by atoms with Crippen LogP contribution >= 0.6 is 0 Å². The molecule has 0 amide bonds. The van der Waals surface area contributed by atoms with Gasteiger partial charge in [-0.05, 0) is 29.5 Å². The summed E-state index contributed by atoms with van der Waals surface area (Å²) in [6.07, 6.45) is 0.999. The van der Waals surface area contributed by atoms with Crippen LogP contribution in [-0.2, 0) is 0 Å². The highest BCUT2D eigenvalue weighted by Gasteiger charge is 2.14. The summed E-state index contributed by atoms with van der Waals surface area (Å²) < 4.78 is 11.8. The second kappa shape index (κ2) is 7.35. The molecule has 0 spiro atoms. The molecule has 0 aliphatic rings. The molecule has 0 aromatic heterocycles. The van der Waals surface area contributed by atoms with Crippen LogP contribution in [0, 0.1) is 5.41 Å². The summed E-state index contributed by atoms with van der Waals surface area (Å²) in [7, 11) is 0. The Balaban J connectivity index is 2.31. The van der Waals surface area contributed by atoms with E-state index < -0.39 is 0 Å². The van der Waals surface area contributed by atoms with E-state index in [1.165, 1.54) is 0 Å². The first-order chi connectivity index (χ1) is 10.5. The van der Waals surface area contributed by atoms with Gasteiger partial charge in [-0.2, -0.15) is 0 Å². The van der Waals surface area contributed by atoms with Crippen molar-refractivity contribution in [2.75, 3.05) is 13.2 Å². The summed E-state index contributed by atoms with van der Waals surface area (Å²) >= 11 is 0. The predicted molar refractivity (Wildman–Crippen MR) is 92.6 cm³/mol. The van der Waals surface area contributed by atoms with Crippen LogP contribution in [-0.4, -0.2) is 13.2 Å². The van der Waals surface area contributed by atoms with Crippen molar-refractivity contribution in [2.45, 2.75) is 34.1 Å². The molecule has 2 aromatic carbocycles. The second-order valence-corrected chi connectivity index (χ2v) is 6.72. The Kier molecular flexibility index (Phi) is 5.48. The van der Waals surface area contributed by atoms with Gasteiger partial charge in [-0.15, -0.1) is 0 Å². The molecule has 0 saturated heterocycles. The Labute approximate surface area is 134 Å². The molecule has 0 unspecified atom stereocenters. The Bertz CT molecular complexity index is 582. The molecule has 0 bridgehead atoms. The standard InChI is InChI=1S/C20H26O2/c1-5-13-21-17-11-12-18(16-9-7-6-8-10-16)19(14-17)22-15-20(2,3)4/h6-12,14H,5,13,15H2,1-4H3. The van der Waals surface area contributed by atoms with Crippen LogP contribution in [0.25, 0.3) is 11.1 Å². The fourth-order valence-corrected chi connectivity index (χ4v) is 2.08. The van der Waals surface area contributed by atoms with Gasteiger partial charge >= 0.3 is 0 Å². The maximum atomic E-state index is 6.10. The average molecular weight is 298 g/mol. The van der Waals surface area contributed by atoms with E-state index in [1.807, 2.05) is 30.3 Å². The van der Waals surface area contributed by atoms with E-state index in [2.05, 4.69) is 45.9 Å². The van der Waals surface area contributed by atoms with Crippen LogP contribution < -0.4 is 9.47 Å². The Morgan fingerprint density at radius 3 is 2.27 bits per heavy atom. The first kappa shape index (κ1) is 16.4. The van der Waals surface area contributed by atoms with Gasteiger partial charge in [0, 0.05) is 11.6 Å². The van der Waals surface area contributed by atoms with Crippen molar-refractivity contribution in [3.8, 4) is 22.6 Å². The number of hydrogen-bond donors (Lipinski definition) is 0. The molecule has 22 heavy (non-hydrogen) atoms. The highest BCUT2D eigenvalue weighted by Crippen LogP contribution is 2.34. The molecule has 0 aliphatic heterocycles. The minimum Gasteiger partial charge on any atom is -0.493 e. The first-order valence-electron chi connectivity index (χ1n) is 7.94. The average Bonchev–Trinajstić information content (AvgIpc) is 2.51. The number of ether oxygens (including phenoxy) is 2. The van der Waals surface area contributed by atoms with E-state index in [1.54, 1.807) is 0 Å². The number of hydrogen-bond acceptors (Lipinski definition) is 2. The van der Waals surface area contributed by atoms with Gasteiger partial charge in [0.1, 0.15) is 11.5 Å². The van der Waals surface area contributed by atoms with Gasteiger partial charge in [0.15, 0.2) is 0 Å². The molecule has 0 atom stereocenters. The summed E-state index contributed by atoms with van der Waals surface area (Å²) in [5.74, 6) is 1.75. The van der Waals surface area contributed by atoms with Crippen LogP contribution in [0.2, 0.25) is 0 Å². The van der Waals surface area contributed by atoms with Crippen molar-refractivity contribution in [2.24, 2.45) is 5.41 Å². The van der Waals surface area contributed by atoms with Crippen molar-refractivity contribution in [1.82, 2.24) is 0 Å². The van der Waals surface area contributed by atoms with Crippen molar-refractivity contribution in [3.63, 3.8) is 0 Å². The smallest absolute Gasteiger partial charge is 0.130 e. The van der Waals surface area contributed by atoms with E-state index in [4.69, 9.17) is 9.47 Å². The molecule has 118 valence electrons. The molecule has 0 N–H and O–H groups in total. The highest BCUT2D eigenvalue weighted by atomic mass is 16.5. The van der Waals surface area contributed by atoms with Gasteiger partial charge in [0.2, 0.25) is 0 Å². The lowest BCUT2D eigenvalue weighted by Crippen LogP contribution is -2.17. The molecule has 0 heterocycles. The van der Waals surface area contributed by atoms with Crippen LogP contribution in [0.15, 0.2) is 48.5 Å². The minimum atomic E-state index is 0.119. The zero-order chi connectivity index (χ0) is 16.0. The number of benzene rings is 2. The summed E-state index contributed by atoms with van der Waals surface area (Å²) in [5.41, 5.74) is 2.39. The SMILES string of the molecule is CCCOc1ccc(-c2ccccc2)c(OCC(C)(C)C)c1. The third-order valence-corrected chi connectivity index (χ3v) is 3.17. The minimum absolute atomic E-state index is 0.119. The molecule has 2 nitrogen and oxygen atoms in total. The predicted octanol–water partition coefficient (Wildman–Crippen LogP) is 5.57. The van der Waals surface area contributed by atoms with Gasteiger partial charge < -0.3 is 9.47 Å². The lowest BCUT2D eigenvalue weighted by atomic mass is 9.98. The third kappa shape index (κ3) is 4.80. The first-order valence-corrected chi connectivity index (χ1v) is 7.94. The molecule has 2 aromatic rings. The zero-order valence-corrected chi connectivity index (χ0v) is 14.1. The lowest BCUT2D eigenvalue weighted by Gasteiger charge is -2.21. The maximum Gasteiger partial charge on any atom is 0.130 e. The van der Waals surface area contributed by atoms with Crippen LogP contribution in [0.1, 0.15) is 34.1 Å². The van der Waals surface area contributed by atoms with Crippen LogP contribution in [0.3, 0.4) is 0 Å². The van der Waals surface area contributed by atoms with Crippen molar-refractivity contribution in [1.29, 1.82) is 0 Å². The largest absolute Gasteiger partial charge is 0.493 e. The quantitative estimate of drug-likeness (QED) is 0.694. The molecule has 0 aliphatic carbocycles. The summed E-state index contributed by atoms with van der Waals surface area (Å²) in [6, 6.07) is 16.4. The lowest BCUT2D eigenvalue weighted by molar-refractivity contribution is 0.197. The van der Waals surface area contributed by atoms with Crippen molar-refractivity contribution < 1.29 is 9.47 Å². The Morgan fingerprint density at radius 1 is 0.909 bits per heavy atom. The Morgan fingerprint density at radius 2 is 1.64 bits per heavy atom. The van der Waals surface area contributed by atoms with Gasteiger partial charge in [-0.1, -0.05) is 58.0 Å². The van der Waals surface area contributed by atoms with Crippen molar-refractivity contribution in [3.05, 3.63) is 48.5 Å². The molecular weight excluding hydrogens is 272 g/mol. The Hall–Kier alpha value is -1.96. The van der Waals surface area contributed by atoms with E-state index in [0.717, 1.165) is 35.7 Å². The fraction of sp³-hybridized carbons (Fsp3) is 0.400. The fourth-order valence-electron chi connectivity index (χ4n) is 2.08. The summed E-state index contributed by atoms with van der Waals surface area (Å²) in [6.45, 7) is 10.0. The van der Waals surface area contributed by atoms with Gasteiger partial charge in [0.05, 0.1) is 13.2 Å². The van der Waals surface area contributed by atoms with E-state index in [9.17, 15) is 0 Å². The molecule has 0 fully saturated rings. The zero-order valence-electron chi connectivity index (χ0n) is 14.1. The monoisotopic (exact) mass is 298 g/mol. The van der Waals surface area contributed by atoms with Gasteiger partial charge in [-0.25, -0.2) is 0 Å². The normalized spacial score (nSPS) is 11.3. The maximum absolute atomic E-state index is 6.10. The number of rotatable bonds is 6.